The monoisotopic (exact) mass is 477 g/mol. The molecule has 2 aliphatic rings. The fraction of sp³-hybridized carbons (Fsp3) is 0.280. The molecule has 2 amide bonds. The number of pyridine rings is 2. The van der Waals surface area contributed by atoms with Crippen LogP contribution in [0.25, 0.3) is 17.0 Å². The van der Waals surface area contributed by atoms with E-state index in [2.05, 4.69) is 25.5 Å². The van der Waals surface area contributed by atoms with E-state index in [0.29, 0.717) is 23.1 Å². The first kappa shape index (κ1) is 22.5. The van der Waals surface area contributed by atoms with Crippen molar-refractivity contribution in [2.75, 3.05) is 24.5 Å². The average molecular weight is 478 g/mol. The Morgan fingerprint density at radius 1 is 1.12 bits per heavy atom. The number of carbonyl (C=O) groups is 2. The fourth-order valence-corrected chi connectivity index (χ4v) is 4.93. The molecule has 0 atom stereocenters. The van der Waals surface area contributed by atoms with Crippen molar-refractivity contribution >= 4 is 45.7 Å². The van der Waals surface area contributed by atoms with Gasteiger partial charge in [0.15, 0.2) is 0 Å². The first-order valence-electron chi connectivity index (χ1n) is 11.3. The highest BCUT2D eigenvalue weighted by Gasteiger charge is 2.25. The molecule has 3 aromatic rings. The minimum absolute atomic E-state index is 0.248. The van der Waals surface area contributed by atoms with Crippen LogP contribution in [-0.2, 0) is 11.3 Å². The Balaban J connectivity index is 1.12. The number of rotatable bonds is 6. The number of thioether (sulfide) groups is 1. The van der Waals surface area contributed by atoms with Gasteiger partial charge in [0.25, 0.3) is 11.1 Å². The number of halogens is 1. The van der Waals surface area contributed by atoms with Crippen LogP contribution in [-0.4, -0.2) is 40.7 Å². The van der Waals surface area contributed by atoms with Crippen molar-refractivity contribution in [3.63, 3.8) is 0 Å². The van der Waals surface area contributed by atoms with E-state index in [0.717, 1.165) is 66.7 Å². The molecule has 0 unspecified atom stereocenters. The van der Waals surface area contributed by atoms with Crippen LogP contribution < -0.4 is 15.5 Å². The van der Waals surface area contributed by atoms with Gasteiger partial charge in [-0.1, -0.05) is 12.1 Å². The highest BCUT2D eigenvalue weighted by Crippen LogP contribution is 2.26. The SMILES string of the molecule is O=C1NC(=O)C(=Cc2cccc(N3CCC(CNCc4ccc5cc(F)ccc5n4)CC3)n2)S1. The van der Waals surface area contributed by atoms with Crippen molar-refractivity contribution < 1.29 is 14.0 Å². The summed E-state index contributed by atoms with van der Waals surface area (Å²) < 4.78 is 13.3. The summed E-state index contributed by atoms with van der Waals surface area (Å²) >= 11 is 0.899. The van der Waals surface area contributed by atoms with E-state index in [4.69, 9.17) is 0 Å². The molecule has 0 aliphatic carbocycles. The third-order valence-corrected chi connectivity index (χ3v) is 6.87. The second-order valence-electron chi connectivity index (χ2n) is 8.47. The second-order valence-corrected chi connectivity index (χ2v) is 9.49. The van der Waals surface area contributed by atoms with Crippen LogP contribution in [0.1, 0.15) is 24.2 Å². The number of anilines is 1. The van der Waals surface area contributed by atoms with E-state index in [1.807, 2.05) is 30.3 Å². The number of aromatic nitrogens is 2. The molecule has 0 saturated carbocycles. The average Bonchev–Trinajstić information content (AvgIpc) is 3.16. The molecule has 7 nitrogen and oxygen atoms in total. The maximum atomic E-state index is 13.3. The van der Waals surface area contributed by atoms with Crippen molar-refractivity contribution in [2.45, 2.75) is 19.4 Å². The largest absolute Gasteiger partial charge is 0.357 e. The van der Waals surface area contributed by atoms with E-state index in [1.54, 1.807) is 12.1 Å². The quantitative estimate of drug-likeness (QED) is 0.517. The van der Waals surface area contributed by atoms with Gasteiger partial charge in [0, 0.05) is 25.0 Å². The maximum Gasteiger partial charge on any atom is 0.290 e. The highest BCUT2D eigenvalue weighted by atomic mass is 32.2. The van der Waals surface area contributed by atoms with Crippen molar-refractivity contribution in [2.24, 2.45) is 5.92 Å². The number of carbonyl (C=O) groups excluding carboxylic acids is 2. The molecule has 1 aromatic carbocycles. The highest BCUT2D eigenvalue weighted by molar-refractivity contribution is 8.18. The summed E-state index contributed by atoms with van der Waals surface area (Å²) in [5, 5.41) is 6.23. The Labute approximate surface area is 200 Å². The molecule has 4 heterocycles. The summed E-state index contributed by atoms with van der Waals surface area (Å²) in [6, 6.07) is 14.2. The summed E-state index contributed by atoms with van der Waals surface area (Å²) in [4.78, 5) is 35.0. The first-order valence-corrected chi connectivity index (χ1v) is 12.1. The van der Waals surface area contributed by atoms with Crippen molar-refractivity contribution in [1.29, 1.82) is 0 Å². The van der Waals surface area contributed by atoms with Gasteiger partial charge in [0.2, 0.25) is 0 Å². The summed E-state index contributed by atoms with van der Waals surface area (Å²) in [7, 11) is 0. The van der Waals surface area contributed by atoms with Gasteiger partial charge in [0.1, 0.15) is 11.6 Å². The number of amides is 2. The molecule has 0 radical (unpaired) electrons. The third-order valence-electron chi connectivity index (χ3n) is 6.06. The van der Waals surface area contributed by atoms with Gasteiger partial charge in [-0.05, 0) is 79.5 Å². The first-order chi connectivity index (χ1) is 16.5. The number of piperidine rings is 1. The van der Waals surface area contributed by atoms with Gasteiger partial charge < -0.3 is 10.2 Å². The summed E-state index contributed by atoms with van der Waals surface area (Å²) in [6.07, 6.45) is 3.76. The molecule has 2 aromatic heterocycles. The molecule has 34 heavy (non-hydrogen) atoms. The molecule has 2 fully saturated rings. The summed E-state index contributed by atoms with van der Waals surface area (Å²) in [5.74, 6) is 0.832. The van der Waals surface area contributed by atoms with Crippen molar-refractivity contribution in [1.82, 2.24) is 20.6 Å². The molecule has 9 heteroatoms. The van der Waals surface area contributed by atoms with Gasteiger partial charge in [-0.15, -0.1) is 0 Å². The van der Waals surface area contributed by atoms with Crippen LogP contribution in [0.3, 0.4) is 0 Å². The zero-order valence-corrected chi connectivity index (χ0v) is 19.3. The van der Waals surface area contributed by atoms with E-state index in [1.165, 1.54) is 12.1 Å². The predicted octanol–water partition coefficient (Wildman–Crippen LogP) is 4.10. The molecule has 2 saturated heterocycles. The van der Waals surface area contributed by atoms with Crippen LogP contribution >= 0.6 is 11.8 Å². The zero-order valence-electron chi connectivity index (χ0n) is 18.5. The lowest BCUT2D eigenvalue weighted by molar-refractivity contribution is -0.115. The number of nitrogens with one attached hydrogen (secondary N) is 2. The van der Waals surface area contributed by atoms with Crippen LogP contribution in [0, 0.1) is 11.7 Å². The van der Waals surface area contributed by atoms with E-state index in [9.17, 15) is 14.0 Å². The number of hydrogen-bond donors (Lipinski definition) is 2. The number of nitrogens with zero attached hydrogens (tertiary/aromatic N) is 3. The van der Waals surface area contributed by atoms with Gasteiger partial charge in [-0.25, -0.2) is 9.37 Å². The third kappa shape index (κ3) is 5.26. The molecule has 2 N–H and O–H groups in total. The normalized spacial score (nSPS) is 18.1. The second kappa shape index (κ2) is 9.90. The Kier molecular flexibility index (Phi) is 6.55. The van der Waals surface area contributed by atoms with Crippen molar-refractivity contribution in [3.8, 4) is 0 Å². The molecule has 5 rings (SSSR count). The van der Waals surface area contributed by atoms with E-state index in [-0.39, 0.29) is 17.0 Å². The number of hydrogen-bond acceptors (Lipinski definition) is 7. The molecule has 0 bridgehead atoms. The molecular formula is C25H24FN5O2S. The lowest BCUT2D eigenvalue weighted by Crippen LogP contribution is -2.37. The lowest BCUT2D eigenvalue weighted by atomic mass is 9.96. The van der Waals surface area contributed by atoms with Crippen molar-refractivity contribution in [3.05, 3.63) is 70.6 Å². The molecule has 2 aliphatic heterocycles. The minimum atomic E-state index is -0.372. The smallest absolute Gasteiger partial charge is 0.290 e. The molecule has 174 valence electrons. The van der Waals surface area contributed by atoms with E-state index >= 15 is 0 Å². The van der Waals surface area contributed by atoms with Gasteiger partial charge in [0.05, 0.1) is 21.8 Å². The molecular weight excluding hydrogens is 453 g/mol. The Morgan fingerprint density at radius 2 is 1.97 bits per heavy atom. The maximum absolute atomic E-state index is 13.3. The number of imide groups is 1. The predicted molar refractivity (Wildman–Crippen MR) is 132 cm³/mol. The number of benzene rings is 1. The number of fused-ring (bicyclic) bond motifs is 1. The standard InChI is InChI=1S/C25H24FN5O2S/c26-18-5-7-21-17(12-18)4-6-20(28-21)15-27-14-16-8-10-31(11-9-16)23-3-1-2-19(29-23)13-22-24(32)30-25(33)34-22/h1-7,12-13,16,27H,8-11,14-15H2,(H,30,32,33). The van der Waals surface area contributed by atoms with Crippen LogP contribution in [0.4, 0.5) is 15.0 Å². The summed E-state index contributed by atoms with van der Waals surface area (Å²) in [5.41, 5.74) is 2.42. The van der Waals surface area contributed by atoms with Gasteiger partial charge in [-0.2, -0.15) is 0 Å². The Hall–Kier alpha value is -3.30. The van der Waals surface area contributed by atoms with Gasteiger partial charge >= 0.3 is 0 Å². The van der Waals surface area contributed by atoms with Crippen LogP contribution in [0.5, 0.6) is 0 Å². The Morgan fingerprint density at radius 3 is 2.76 bits per heavy atom. The van der Waals surface area contributed by atoms with Gasteiger partial charge in [-0.3, -0.25) is 19.9 Å². The minimum Gasteiger partial charge on any atom is -0.357 e. The zero-order chi connectivity index (χ0) is 23.5. The lowest BCUT2D eigenvalue weighted by Gasteiger charge is -2.33. The fourth-order valence-electron chi connectivity index (χ4n) is 4.26. The Bertz CT molecular complexity index is 1270. The van der Waals surface area contributed by atoms with Crippen LogP contribution in [0.15, 0.2) is 53.4 Å². The molecule has 0 spiro atoms. The van der Waals surface area contributed by atoms with Crippen LogP contribution in [0.2, 0.25) is 0 Å². The summed E-state index contributed by atoms with van der Waals surface area (Å²) in [6.45, 7) is 3.41. The van der Waals surface area contributed by atoms with E-state index < -0.39 is 0 Å². The topological polar surface area (TPSA) is 87.2 Å².